The molecular formula is C6H10O2S. The molecule has 2 bridgehead atoms. The first kappa shape index (κ1) is 6.01. The van der Waals surface area contributed by atoms with Crippen LogP contribution in [0.3, 0.4) is 0 Å². The summed E-state index contributed by atoms with van der Waals surface area (Å²) in [4.78, 5) is 0. The van der Waals surface area contributed by atoms with Gasteiger partial charge >= 0.3 is 0 Å². The Morgan fingerprint density at radius 2 is 2.56 bits per heavy atom. The van der Waals surface area contributed by atoms with Crippen molar-refractivity contribution in [2.24, 2.45) is 0 Å². The van der Waals surface area contributed by atoms with Crippen LogP contribution in [0.15, 0.2) is 0 Å². The van der Waals surface area contributed by atoms with Gasteiger partial charge in [-0.15, -0.1) is 0 Å². The van der Waals surface area contributed by atoms with Crippen LogP contribution in [0.4, 0.5) is 0 Å². The van der Waals surface area contributed by atoms with E-state index in [4.69, 9.17) is 9.47 Å². The van der Waals surface area contributed by atoms with Gasteiger partial charge in [0.1, 0.15) is 0 Å². The van der Waals surface area contributed by atoms with Crippen molar-refractivity contribution in [2.75, 3.05) is 18.1 Å². The Kier molecular flexibility index (Phi) is 1.25. The first-order valence-corrected chi connectivity index (χ1v) is 4.33. The minimum atomic E-state index is -0.242. The minimum absolute atomic E-state index is 0.242. The van der Waals surface area contributed by atoms with Crippen molar-refractivity contribution in [2.45, 2.75) is 18.8 Å². The molecule has 2 fully saturated rings. The lowest BCUT2D eigenvalue weighted by atomic mass is 10.4. The Balaban J connectivity index is 2.13. The van der Waals surface area contributed by atoms with Crippen LogP contribution >= 0.6 is 11.8 Å². The zero-order chi connectivity index (χ0) is 6.32. The summed E-state index contributed by atoms with van der Waals surface area (Å²) in [6, 6.07) is 0. The molecule has 9 heavy (non-hydrogen) atoms. The van der Waals surface area contributed by atoms with Crippen molar-refractivity contribution in [3.05, 3.63) is 0 Å². The molecule has 2 atom stereocenters. The van der Waals surface area contributed by atoms with E-state index < -0.39 is 0 Å². The van der Waals surface area contributed by atoms with Gasteiger partial charge in [0.2, 0.25) is 0 Å². The third-order valence-corrected chi connectivity index (χ3v) is 2.99. The number of hydrogen-bond donors (Lipinski definition) is 0. The highest BCUT2D eigenvalue weighted by Gasteiger charge is 2.40. The maximum Gasteiger partial charge on any atom is 0.175 e. The fourth-order valence-electron chi connectivity index (χ4n) is 1.22. The highest BCUT2D eigenvalue weighted by atomic mass is 32.2. The summed E-state index contributed by atoms with van der Waals surface area (Å²) in [7, 11) is 0. The first-order chi connectivity index (χ1) is 4.29. The van der Waals surface area contributed by atoms with Gasteiger partial charge in [0.25, 0.3) is 0 Å². The highest BCUT2D eigenvalue weighted by Crippen LogP contribution is 2.33. The third kappa shape index (κ3) is 0.974. The number of rotatable bonds is 0. The summed E-state index contributed by atoms with van der Waals surface area (Å²) >= 11 is 1.92. The zero-order valence-corrected chi connectivity index (χ0v) is 6.24. The van der Waals surface area contributed by atoms with Crippen LogP contribution in [0.25, 0.3) is 0 Å². The van der Waals surface area contributed by atoms with Crippen LogP contribution in [0.1, 0.15) is 6.92 Å². The molecule has 0 amide bonds. The largest absolute Gasteiger partial charge is 0.347 e. The van der Waals surface area contributed by atoms with E-state index >= 15 is 0 Å². The van der Waals surface area contributed by atoms with Gasteiger partial charge in [-0.05, 0) is 6.92 Å². The molecule has 0 aromatic rings. The normalized spacial score (nSPS) is 49.7. The van der Waals surface area contributed by atoms with Gasteiger partial charge in [-0.3, -0.25) is 0 Å². The standard InChI is InChI=1S/C6H10O2S/c1-6-4-9-3-5(8-6)2-7-6/h5H,2-4H2,1H3. The molecule has 2 saturated heterocycles. The van der Waals surface area contributed by atoms with Gasteiger partial charge in [-0.25, -0.2) is 0 Å². The smallest absolute Gasteiger partial charge is 0.175 e. The van der Waals surface area contributed by atoms with Gasteiger partial charge in [-0.2, -0.15) is 11.8 Å². The summed E-state index contributed by atoms with van der Waals surface area (Å²) in [5.74, 6) is 1.85. The number of hydrogen-bond acceptors (Lipinski definition) is 3. The molecule has 2 nitrogen and oxygen atoms in total. The van der Waals surface area contributed by atoms with Crippen LogP contribution in [-0.4, -0.2) is 30.0 Å². The van der Waals surface area contributed by atoms with Crippen molar-refractivity contribution in [3.8, 4) is 0 Å². The second kappa shape index (κ2) is 1.87. The second-order valence-corrected chi connectivity index (χ2v) is 3.73. The van der Waals surface area contributed by atoms with Crippen molar-refractivity contribution >= 4 is 11.8 Å². The molecule has 2 unspecified atom stereocenters. The van der Waals surface area contributed by atoms with E-state index in [1.807, 2.05) is 18.7 Å². The molecule has 3 heteroatoms. The van der Waals surface area contributed by atoms with E-state index in [2.05, 4.69) is 0 Å². The molecule has 2 aliphatic rings. The van der Waals surface area contributed by atoms with Crippen molar-refractivity contribution < 1.29 is 9.47 Å². The maximum absolute atomic E-state index is 5.54. The molecule has 2 heterocycles. The van der Waals surface area contributed by atoms with E-state index in [1.54, 1.807) is 0 Å². The molecule has 2 rings (SSSR count). The molecule has 0 aromatic carbocycles. The lowest BCUT2D eigenvalue weighted by Crippen LogP contribution is -2.34. The van der Waals surface area contributed by atoms with Crippen molar-refractivity contribution in [3.63, 3.8) is 0 Å². The summed E-state index contributed by atoms with van der Waals surface area (Å²) in [6.45, 7) is 2.81. The summed E-state index contributed by atoms with van der Waals surface area (Å²) in [5.41, 5.74) is 0. The molecular weight excluding hydrogens is 136 g/mol. The average Bonchev–Trinajstić information content (AvgIpc) is 2.07. The molecule has 0 N–H and O–H groups in total. The van der Waals surface area contributed by atoms with Crippen LogP contribution < -0.4 is 0 Å². The van der Waals surface area contributed by atoms with Gasteiger partial charge in [0, 0.05) is 11.5 Å². The average molecular weight is 146 g/mol. The fraction of sp³-hybridized carbons (Fsp3) is 1.00. The Labute approximate surface area is 58.9 Å². The van der Waals surface area contributed by atoms with E-state index in [0.29, 0.717) is 6.10 Å². The van der Waals surface area contributed by atoms with Crippen LogP contribution in [0.2, 0.25) is 0 Å². The predicted octanol–water partition coefficient (Wildman–Crippen LogP) is 0.865. The van der Waals surface area contributed by atoms with Gasteiger partial charge in [0.15, 0.2) is 5.79 Å². The van der Waals surface area contributed by atoms with E-state index in [1.165, 1.54) is 0 Å². The molecule has 52 valence electrons. The van der Waals surface area contributed by atoms with E-state index in [-0.39, 0.29) is 5.79 Å². The Morgan fingerprint density at radius 1 is 1.67 bits per heavy atom. The van der Waals surface area contributed by atoms with Gasteiger partial charge in [-0.1, -0.05) is 0 Å². The lowest BCUT2D eigenvalue weighted by Gasteiger charge is -2.26. The van der Waals surface area contributed by atoms with E-state index in [0.717, 1.165) is 18.1 Å². The predicted molar refractivity (Wildman–Crippen MR) is 36.6 cm³/mol. The number of fused-ring (bicyclic) bond motifs is 2. The lowest BCUT2D eigenvalue weighted by molar-refractivity contribution is -0.134. The van der Waals surface area contributed by atoms with Crippen LogP contribution in [0.5, 0.6) is 0 Å². The topological polar surface area (TPSA) is 18.5 Å². The van der Waals surface area contributed by atoms with Crippen LogP contribution in [-0.2, 0) is 9.47 Å². The maximum atomic E-state index is 5.54. The minimum Gasteiger partial charge on any atom is -0.347 e. The molecule has 0 aliphatic carbocycles. The van der Waals surface area contributed by atoms with Gasteiger partial charge in [0.05, 0.1) is 12.7 Å². The highest BCUT2D eigenvalue weighted by molar-refractivity contribution is 7.99. The summed E-state index contributed by atoms with van der Waals surface area (Å²) in [6.07, 6.45) is 0.369. The quantitative estimate of drug-likeness (QED) is 0.505. The third-order valence-electron chi connectivity index (χ3n) is 1.66. The second-order valence-electron chi connectivity index (χ2n) is 2.70. The number of ether oxygens (including phenoxy) is 2. The van der Waals surface area contributed by atoms with Crippen molar-refractivity contribution in [1.29, 1.82) is 0 Å². The molecule has 0 saturated carbocycles. The molecule has 0 aromatic heterocycles. The molecule has 0 spiro atoms. The Hall–Kier alpha value is 0.270. The van der Waals surface area contributed by atoms with E-state index in [9.17, 15) is 0 Å². The van der Waals surface area contributed by atoms with Gasteiger partial charge < -0.3 is 9.47 Å². The zero-order valence-electron chi connectivity index (χ0n) is 5.42. The Bertz CT molecular complexity index is 124. The Morgan fingerprint density at radius 3 is 3.22 bits per heavy atom. The van der Waals surface area contributed by atoms with Crippen LogP contribution in [0, 0.1) is 0 Å². The number of thioether (sulfide) groups is 1. The summed E-state index contributed by atoms with van der Waals surface area (Å²) in [5, 5.41) is 0. The SMILES string of the molecule is CC12CSCC(CO1)O2. The summed E-state index contributed by atoms with van der Waals surface area (Å²) < 4.78 is 11.0. The van der Waals surface area contributed by atoms with Crippen molar-refractivity contribution in [1.82, 2.24) is 0 Å². The monoisotopic (exact) mass is 146 g/mol. The molecule has 2 aliphatic heterocycles. The first-order valence-electron chi connectivity index (χ1n) is 3.18. The molecule has 0 radical (unpaired) electrons. The fourth-order valence-corrected chi connectivity index (χ4v) is 2.29.